The molecule has 0 radical (unpaired) electrons. The molecule has 2 aromatic rings. The van der Waals surface area contributed by atoms with Gasteiger partial charge in [-0.2, -0.15) is 0 Å². The number of hydrogen-bond donors (Lipinski definition) is 1. The van der Waals surface area contributed by atoms with Crippen molar-refractivity contribution in [2.24, 2.45) is 5.92 Å². The number of hydrogen-bond acceptors (Lipinski definition) is 5. The molecule has 1 aliphatic heterocycles. The van der Waals surface area contributed by atoms with Gasteiger partial charge in [-0.15, -0.1) is 19.6 Å². The zero-order chi connectivity index (χ0) is 19.0. The van der Waals surface area contributed by atoms with Gasteiger partial charge in [-0.1, -0.05) is 19.8 Å². The van der Waals surface area contributed by atoms with E-state index in [1.165, 1.54) is 6.33 Å². The number of nitrogens with zero attached hydrogens (tertiary/aromatic N) is 3. The van der Waals surface area contributed by atoms with Gasteiger partial charge >= 0.3 is 0 Å². The van der Waals surface area contributed by atoms with Gasteiger partial charge < -0.3 is 19.1 Å². The predicted octanol–water partition coefficient (Wildman–Crippen LogP) is 3.11. The third-order valence-electron chi connectivity index (χ3n) is 3.84. The summed E-state index contributed by atoms with van der Waals surface area (Å²) in [5.74, 6) is 3.18. The van der Waals surface area contributed by atoms with Crippen LogP contribution in [0.5, 0.6) is 5.88 Å². The quantitative estimate of drug-likeness (QED) is 0.684. The zero-order valence-corrected chi connectivity index (χ0v) is 15.4. The highest BCUT2D eigenvalue weighted by molar-refractivity contribution is 5.85. The lowest BCUT2D eigenvalue weighted by atomic mass is 10.0. The van der Waals surface area contributed by atoms with E-state index in [2.05, 4.69) is 29.0 Å². The topological polar surface area (TPSA) is 69.4 Å². The molecule has 1 saturated heterocycles. The van der Waals surface area contributed by atoms with Crippen molar-refractivity contribution < 1.29 is 14.6 Å². The Balaban J connectivity index is 0.000000730. The van der Waals surface area contributed by atoms with Crippen LogP contribution in [0.15, 0.2) is 25.7 Å². The number of aliphatic hydroxyl groups is 1. The van der Waals surface area contributed by atoms with E-state index in [1.54, 1.807) is 7.11 Å². The van der Waals surface area contributed by atoms with Crippen molar-refractivity contribution in [1.29, 1.82) is 0 Å². The first-order valence-electron chi connectivity index (χ1n) is 8.28. The van der Waals surface area contributed by atoms with Crippen molar-refractivity contribution in [3.8, 4) is 18.2 Å². The van der Waals surface area contributed by atoms with Gasteiger partial charge in [0.1, 0.15) is 18.2 Å². The number of terminal acetylenes is 1. The fourth-order valence-corrected chi connectivity index (χ4v) is 2.86. The van der Waals surface area contributed by atoms with Crippen molar-refractivity contribution in [3.05, 3.63) is 31.2 Å². The van der Waals surface area contributed by atoms with Gasteiger partial charge in [-0.05, 0) is 18.9 Å². The van der Waals surface area contributed by atoms with Crippen molar-refractivity contribution in [1.82, 2.24) is 14.5 Å². The number of methoxy groups -OCH3 is 1. The van der Waals surface area contributed by atoms with Crippen LogP contribution in [0.3, 0.4) is 0 Å². The summed E-state index contributed by atoms with van der Waals surface area (Å²) >= 11 is 0. The molecule has 0 saturated carbocycles. The minimum Gasteiger partial charge on any atom is -0.480 e. The number of ether oxygens (including phenoxy) is 2. The smallest absolute Gasteiger partial charge is 0.226 e. The van der Waals surface area contributed by atoms with Gasteiger partial charge in [-0.3, -0.25) is 0 Å². The summed E-state index contributed by atoms with van der Waals surface area (Å²) in [4.78, 5) is 8.46. The third kappa shape index (κ3) is 4.01. The van der Waals surface area contributed by atoms with Gasteiger partial charge in [0.15, 0.2) is 0 Å². The second-order valence-electron chi connectivity index (χ2n) is 5.14. The SMILES string of the molecule is C#C[C@H]1C[C@@H](CO)O[C@H]1n1cc(C)c2c(OC)ncnc21.C=C.CC. The van der Waals surface area contributed by atoms with Crippen LogP contribution in [-0.2, 0) is 4.74 Å². The van der Waals surface area contributed by atoms with Crippen molar-refractivity contribution >= 4 is 11.0 Å². The molecule has 3 heterocycles. The van der Waals surface area contributed by atoms with Crippen molar-refractivity contribution in [2.45, 2.75) is 39.5 Å². The first kappa shape index (κ1) is 20.7. The van der Waals surface area contributed by atoms with Gasteiger partial charge in [0.2, 0.25) is 5.88 Å². The lowest BCUT2D eigenvalue weighted by molar-refractivity contribution is -0.0260. The molecule has 136 valence electrons. The summed E-state index contributed by atoms with van der Waals surface area (Å²) in [6, 6.07) is 0. The molecule has 0 spiro atoms. The van der Waals surface area contributed by atoms with E-state index in [-0.39, 0.29) is 24.9 Å². The van der Waals surface area contributed by atoms with Crippen LogP contribution < -0.4 is 4.74 Å². The minimum atomic E-state index is -0.331. The Labute approximate surface area is 149 Å². The molecule has 0 bridgehead atoms. The fourth-order valence-electron chi connectivity index (χ4n) is 2.86. The van der Waals surface area contributed by atoms with E-state index < -0.39 is 0 Å². The lowest BCUT2D eigenvalue weighted by Crippen LogP contribution is -2.15. The maximum atomic E-state index is 9.30. The average Bonchev–Trinajstić information content (AvgIpc) is 3.25. The standard InChI is InChI=1S/C15H17N3O3.C2H6.C2H4/c1-4-10-5-11(7-19)21-15(10)18-6-9(2)12-13(18)16-8-17-14(12)20-3;2*1-2/h1,6,8,10-11,15,19H,5,7H2,2-3H3;1-2H3;1-2H2/t10-,11-,15+;;/m0../s1. The molecule has 0 aromatic carbocycles. The van der Waals surface area contributed by atoms with Crippen LogP contribution in [0.1, 0.15) is 32.1 Å². The highest BCUT2D eigenvalue weighted by Crippen LogP contribution is 2.38. The Morgan fingerprint density at radius 3 is 2.68 bits per heavy atom. The van der Waals surface area contributed by atoms with E-state index >= 15 is 0 Å². The Hall–Kier alpha value is -2.36. The molecule has 1 N–H and O–H groups in total. The second kappa shape index (κ2) is 9.82. The predicted molar refractivity (Wildman–Crippen MR) is 99.4 cm³/mol. The summed E-state index contributed by atoms with van der Waals surface area (Å²) in [5, 5.41) is 10.1. The van der Waals surface area contributed by atoms with Crippen LogP contribution >= 0.6 is 0 Å². The van der Waals surface area contributed by atoms with Gasteiger partial charge in [0.25, 0.3) is 0 Å². The maximum Gasteiger partial charge on any atom is 0.226 e. The van der Waals surface area contributed by atoms with E-state index in [4.69, 9.17) is 15.9 Å². The van der Waals surface area contributed by atoms with E-state index in [0.29, 0.717) is 12.3 Å². The van der Waals surface area contributed by atoms with Crippen molar-refractivity contribution in [3.63, 3.8) is 0 Å². The summed E-state index contributed by atoms with van der Waals surface area (Å²) in [6.45, 7) is 11.9. The second-order valence-corrected chi connectivity index (χ2v) is 5.14. The van der Waals surface area contributed by atoms with Crippen molar-refractivity contribution in [2.75, 3.05) is 13.7 Å². The Morgan fingerprint density at radius 1 is 1.44 bits per heavy atom. The molecule has 25 heavy (non-hydrogen) atoms. The minimum absolute atomic E-state index is 0.0365. The van der Waals surface area contributed by atoms with Crippen LogP contribution in [0, 0.1) is 25.2 Å². The number of aliphatic hydroxyl groups excluding tert-OH is 1. The summed E-state index contributed by atoms with van der Waals surface area (Å²) in [6.07, 6.45) is 9.07. The molecular formula is C19H27N3O3. The Morgan fingerprint density at radius 2 is 2.12 bits per heavy atom. The Bertz CT molecular complexity index is 721. The fraction of sp³-hybridized carbons (Fsp3) is 0.474. The number of aromatic nitrogens is 3. The summed E-state index contributed by atoms with van der Waals surface area (Å²) < 4.78 is 13.1. The molecule has 6 nitrogen and oxygen atoms in total. The molecule has 1 aliphatic rings. The van der Waals surface area contributed by atoms with Gasteiger partial charge in [0, 0.05) is 6.20 Å². The lowest BCUT2D eigenvalue weighted by Gasteiger charge is -2.17. The van der Waals surface area contributed by atoms with E-state index in [9.17, 15) is 5.11 Å². The van der Waals surface area contributed by atoms with Crippen LogP contribution in [0.25, 0.3) is 11.0 Å². The number of rotatable bonds is 3. The number of fused-ring (bicyclic) bond motifs is 1. The molecule has 0 unspecified atom stereocenters. The molecule has 2 aromatic heterocycles. The summed E-state index contributed by atoms with van der Waals surface area (Å²) in [5.41, 5.74) is 1.72. The maximum absolute atomic E-state index is 9.30. The normalized spacial score (nSPS) is 21.5. The monoisotopic (exact) mass is 345 g/mol. The Kier molecular flexibility index (Phi) is 8.12. The molecule has 1 fully saturated rings. The van der Waals surface area contributed by atoms with E-state index in [1.807, 2.05) is 31.5 Å². The van der Waals surface area contributed by atoms with Crippen LogP contribution in [-0.4, -0.2) is 39.5 Å². The molecular weight excluding hydrogens is 318 g/mol. The number of aryl methyl sites for hydroxylation is 1. The molecule has 0 aliphatic carbocycles. The highest BCUT2D eigenvalue weighted by Gasteiger charge is 2.36. The average molecular weight is 345 g/mol. The summed E-state index contributed by atoms with van der Waals surface area (Å²) in [7, 11) is 1.58. The van der Waals surface area contributed by atoms with Gasteiger partial charge in [-0.25, -0.2) is 9.97 Å². The van der Waals surface area contributed by atoms with E-state index in [0.717, 1.165) is 16.6 Å². The largest absolute Gasteiger partial charge is 0.480 e. The molecule has 6 heteroatoms. The van der Waals surface area contributed by atoms with Crippen LogP contribution in [0.2, 0.25) is 0 Å². The first-order chi connectivity index (χ1) is 12.2. The molecule has 3 atom stereocenters. The molecule has 3 rings (SSSR count). The zero-order valence-electron chi connectivity index (χ0n) is 15.4. The highest BCUT2D eigenvalue weighted by atomic mass is 16.5. The van der Waals surface area contributed by atoms with Gasteiger partial charge in [0.05, 0.1) is 31.1 Å². The first-order valence-corrected chi connectivity index (χ1v) is 8.28. The third-order valence-corrected chi connectivity index (χ3v) is 3.84. The van der Waals surface area contributed by atoms with Crippen LogP contribution in [0.4, 0.5) is 0 Å². The molecule has 0 amide bonds.